The number of aliphatic carboxylic acids is 1. The molecule has 118 valence electrons. The Bertz CT molecular complexity index is 578. The molecule has 1 aliphatic heterocycles. The van der Waals surface area contributed by atoms with Gasteiger partial charge < -0.3 is 10.0 Å². The van der Waals surface area contributed by atoms with E-state index in [9.17, 15) is 9.59 Å². The minimum atomic E-state index is -0.785. The summed E-state index contributed by atoms with van der Waals surface area (Å²) >= 11 is 0. The molecule has 1 saturated carbocycles. The third-order valence-corrected chi connectivity index (χ3v) is 4.99. The van der Waals surface area contributed by atoms with Crippen molar-refractivity contribution < 1.29 is 14.7 Å². The molecule has 0 unspecified atom stereocenters. The van der Waals surface area contributed by atoms with E-state index in [2.05, 4.69) is 38.1 Å². The van der Waals surface area contributed by atoms with Crippen molar-refractivity contribution in [2.45, 2.75) is 38.5 Å². The molecule has 2 fully saturated rings. The lowest BCUT2D eigenvalue weighted by atomic mass is 10.00. The summed E-state index contributed by atoms with van der Waals surface area (Å²) in [5, 5.41) is 9.03. The van der Waals surface area contributed by atoms with Gasteiger partial charge in [-0.1, -0.05) is 38.1 Å². The molecule has 3 atom stereocenters. The van der Waals surface area contributed by atoms with Crippen molar-refractivity contribution in [1.29, 1.82) is 0 Å². The van der Waals surface area contributed by atoms with Crippen LogP contribution in [0.25, 0.3) is 0 Å². The van der Waals surface area contributed by atoms with Crippen LogP contribution in [0.1, 0.15) is 49.7 Å². The minimum Gasteiger partial charge on any atom is -0.481 e. The summed E-state index contributed by atoms with van der Waals surface area (Å²) < 4.78 is 0. The molecule has 4 heteroatoms. The summed E-state index contributed by atoms with van der Waals surface area (Å²) in [6.07, 6.45) is 1.48. The van der Waals surface area contributed by atoms with E-state index < -0.39 is 5.97 Å². The SMILES string of the molecule is CC(C)c1ccc([C@@H]2C[C@@H]2C(=O)N2CC[C@@H](C(=O)O)C2)cc1. The predicted molar refractivity (Wildman–Crippen MR) is 83.7 cm³/mol. The molecule has 1 aliphatic carbocycles. The van der Waals surface area contributed by atoms with Crippen LogP contribution in [-0.4, -0.2) is 35.0 Å². The molecule has 22 heavy (non-hydrogen) atoms. The molecular weight excluding hydrogens is 278 g/mol. The quantitative estimate of drug-likeness (QED) is 0.930. The van der Waals surface area contributed by atoms with Crippen LogP contribution in [0.2, 0.25) is 0 Å². The van der Waals surface area contributed by atoms with Gasteiger partial charge in [-0.15, -0.1) is 0 Å². The summed E-state index contributed by atoms with van der Waals surface area (Å²) in [7, 11) is 0. The van der Waals surface area contributed by atoms with Gasteiger partial charge >= 0.3 is 5.97 Å². The standard InChI is InChI=1S/C18H23NO3/c1-11(2)12-3-5-13(6-4-12)15-9-16(15)17(20)19-8-7-14(10-19)18(21)22/h3-6,11,14-16H,7-10H2,1-2H3,(H,21,22)/t14-,15+,16+/m1/s1. The molecule has 0 aromatic heterocycles. The van der Waals surface area contributed by atoms with Gasteiger partial charge in [0, 0.05) is 19.0 Å². The number of rotatable bonds is 4. The van der Waals surface area contributed by atoms with Gasteiger partial charge in [0.15, 0.2) is 0 Å². The molecule has 1 heterocycles. The van der Waals surface area contributed by atoms with Gasteiger partial charge in [-0.2, -0.15) is 0 Å². The van der Waals surface area contributed by atoms with Crippen LogP contribution in [-0.2, 0) is 9.59 Å². The van der Waals surface area contributed by atoms with Gasteiger partial charge in [0.25, 0.3) is 0 Å². The lowest BCUT2D eigenvalue weighted by Gasteiger charge is -2.16. The first-order valence-electron chi connectivity index (χ1n) is 8.09. The van der Waals surface area contributed by atoms with Crippen molar-refractivity contribution >= 4 is 11.9 Å². The molecule has 0 bridgehead atoms. The number of carboxylic acids is 1. The van der Waals surface area contributed by atoms with Gasteiger partial charge in [0.2, 0.25) is 5.91 Å². The van der Waals surface area contributed by atoms with Gasteiger partial charge in [0.05, 0.1) is 5.92 Å². The average molecular weight is 301 g/mol. The topological polar surface area (TPSA) is 57.6 Å². The fourth-order valence-corrected chi connectivity index (χ4v) is 3.36. The Morgan fingerprint density at radius 3 is 2.45 bits per heavy atom. The fraction of sp³-hybridized carbons (Fsp3) is 0.556. The summed E-state index contributed by atoms with van der Waals surface area (Å²) in [4.78, 5) is 25.2. The van der Waals surface area contributed by atoms with Crippen molar-refractivity contribution in [1.82, 2.24) is 4.90 Å². The average Bonchev–Trinajstić information content (AvgIpc) is 3.14. The third-order valence-electron chi connectivity index (χ3n) is 4.99. The number of benzene rings is 1. The number of hydrogen-bond donors (Lipinski definition) is 1. The number of carbonyl (C=O) groups is 2. The Hall–Kier alpha value is -1.84. The molecule has 1 aromatic carbocycles. The molecular formula is C18H23NO3. The molecule has 3 rings (SSSR count). The largest absolute Gasteiger partial charge is 0.481 e. The van der Waals surface area contributed by atoms with Crippen molar-refractivity contribution in [3.05, 3.63) is 35.4 Å². The number of hydrogen-bond acceptors (Lipinski definition) is 2. The van der Waals surface area contributed by atoms with Crippen LogP contribution in [0, 0.1) is 11.8 Å². The monoisotopic (exact) mass is 301 g/mol. The van der Waals surface area contributed by atoms with Gasteiger partial charge in [-0.25, -0.2) is 0 Å². The highest BCUT2D eigenvalue weighted by atomic mass is 16.4. The minimum absolute atomic E-state index is 0.0532. The molecule has 2 aliphatic rings. The van der Waals surface area contributed by atoms with Crippen LogP contribution >= 0.6 is 0 Å². The van der Waals surface area contributed by atoms with Crippen molar-refractivity contribution in [3.63, 3.8) is 0 Å². The van der Waals surface area contributed by atoms with E-state index >= 15 is 0 Å². The Kier molecular flexibility index (Phi) is 3.94. The maximum absolute atomic E-state index is 12.5. The van der Waals surface area contributed by atoms with Gasteiger partial charge in [-0.3, -0.25) is 9.59 Å². The second-order valence-electron chi connectivity index (χ2n) is 6.88. The van der Waals surface area contributed by atoms with E-state index in [1.54, 1.807) is 4.90 Å². The van der Waals surface area contributed by atoms with Crippen LogP contribution in [0.4, 0.5) is 0 Å². The summed E-state index contributed by atoms with van der Waals surface area (Å²) in [5.74, 6) is -0.140. The number of nitrogens with zero attached hydrogens (tertiary/aromatic N) is 1. The Morgan fingerprint density at radius 2 is 1.91 bits per heavy atom. The number of carbonyl (C=O) groups excluding carboxylic acids is 1. The summed E-state index contributed by atoms with van der Waals surface area (Å²) in [6, 6.07) is 8.57. The Balaban J connectivity index is 1.60. The first-order valence-corrected chi connectivity index (χ1v) is 8.09. The van der Waals surface area contributed by atoms with Gasteiger partial charge in [0.1, 0.15) is 0 Å². The Labute approximate surface area is 131 Å². The maximum atomic E-state index is 12.5. The molecule has 1 saturated heterocycles. The highest BCUT2D eigenvalue weighted by Crippen LogP contribution is 2.49. The van der Waals surface area contributed by atoms with Crippen LogP contribution < -0.4 is 0 Å². The van der Waals surface area contributed by atoms with Crippen molar-refractivity contribution in [2.75, 3.05) is 13.1 Å². The zero-order valence-electron chi connectivity index (χ0n) is 13.2. The highest BCUT2D eigenvalue weighted by Gasteiger charge is 2.47. The number of carboxylic acid groups (broad SMARTS) is 1. The molecule has 4 nitrogen and oxygen atoms in total. The molecule has 1 N–H and O–H groups in total. The normalized spacial score (nSPS) is 27.2. The maximum Gasteiger partial charge on any atom is 0.308 e. The van der Waals surface area contributed by atoms with Crippen LogP contribution in [0.3, 0.4) is 0 Å². The van der Waals surface area contributed by atoms with Crippen molar-refractivity contribution in [3.8, 4) is 0 Å². The summed E-state index contributed by atoms with van der Waals surface area (Å²) in [5.41, 5.74) is 2.55. The molecule has 1 aromatic rings. The third kappa shape index (κ3) is 2.87. The first-order chi connectivity index (χ1) is 10.5. The van der Waals surface area contributed by atoms with E-state index in [1.807, 2.05) is 0 Å². The van der Waals surface area contributed by atoms with Gasteiger partial charge in [-0.05, 0) is 35.8 Å². The Morgan fingerprint density at radius 1 is 1.23 bits per heavy atom. The van der Waals surface area contributed by atoms with E-state index in [1.165, 1.54) is 11.1 Å². The smallest absolute Gasteiger partial charge is 0.308 e. The van der Waals surface area contributed by atoms with E-state index in [0.29, 0.717) is 31.3 Å². The van der Waals surface area contributed by atoms with Crippen molar-refractivity contribution in [2.24, 2.45) is 11.8 Å². The molecule has 1 amide bonds. The summed E-state index contributed by atoms with van der Waals surface area (Å²) in [6.45, 7) is 5.31. The second-order valence-corrected chi connectivity index (χ2v) is 6.88. The van der Waals surface area contributed by atoms with E-state index in [4.69, 9.17) is 5.11 Å². The molecule has 0 radical (unpaired) electrons. The highest BCUT2D eigenvalue weighted by molar-refractivity contribution is 5.84. The van der Waals surface area contributed by atoms with Crippen LogP contribution in [0.5, 0.6) is 0 Å². The second kappa shape index (κ2) is 5.75. The predicted octanol–water partition coefficient (Wildman–Crippen LogP) is 2.85. The molecule has 0 spiro atoms. The zero-order valence-corrected chi connectivity index (χ0v) is 13.2. The lowest BCUT2D eigenvalue weighted by Crippen LogP contribution is -2.31. The van der Waals surface area contributed by atoms with Crippen LogP contribution in [0.15, 0.2) is 24.3 Å². The zero-order chi connectivity index (χ0) is 15.9. The van der Waals surface area contributed by atoms with E-state index in [0.717, 1.165) is 6.42 Å². The van der Waals surface area contributed by atoms with E-state index in [-0.39, 0.29) is 17.7 Å². The number of likely N-dealkylation sites (tertiary alicyclic amines) is 1. The number of amides is 1. The lowest BCUT2D eigenvalue weighted by molar-refractivity contribution is -0.141. The fourth-order valence-electron chi connectivity index (χ4n) is 3.36. The first kappa shape index (κ1) is 15.1.